The molecule has 1 heterocycles. The van der Waals surface area contributed by atoms with Crippen LogP contribution in [0.25, 0.3) is 0 Å². The van der Waals surface area contributed by atoms with Crippen molar-refractivity contribution in [3.8, 4) is 0 Å². The maximum Gasteiger partial charge on any atom is 0.0970 e. The number of rotatable bonds is 4. The van der Waals surface area contributed by atoms with Crippen LogP contribution >= 0.6 is 0 Å². The van der Waals surface area contributed by atoms with E-state index in [1.165, 1.54) is 19.3 Å². The normalized spacial score (nSPS) is 22.4. The van der Waals surface area contributed by atoms with Crippen molar-refractivity contribution in [3.63, 3.8) is 0 Å². The van der Waals surface area contributed by atoms with Gasteiger partial charge in [0.05, 0.1) is 6.10 Å². The molecule has 0 spiro atoms. The highest BCUT2D eigenvalue weighted by atomic mass is 16.3. The number of hydrogen-bond acceptors (Lipinski definition) is 2. The van der Waals surface area contributed by atoms with Gasteiger partial charge in [-0.3, -0.25) is 4.90 Å². The van der Waals surface area contributed by atoms with Crippen LogP contribution in [0.5, 0.6) is 0 Å². The van der Waals surface area contributed by atoms with E-state index in [-0.39, 0.29) is 5.54 Å². The van der Waals surface area contributed by atoms with Crippen molar-refractivity contribution in [1.29, 1.82) is 0 Å². The second-order valence-corrected chi connectivity index (χ2v) is 5.57. The van der Waals surface area contributed by atoms with Gasteiger partial charge in [-0.15, -0.1) is 0 Å². The van der Waals surface area contributed by atoms with E-state index in [0.29, 0.717) is 0 Å². The van der Waals surface area contributed by atoms with E-state index in [4.69, 9.17) is 0 Å². The van der Waals surface area contributed by atoms with E-state index >= 15 is 0 Å². The molecule has 1 aliphatic heterocycles. The van der Waals surface area contributed by atoms with E-state index in [0.717, 1.165) is 25.1 Å². The summed E-state index contributed by atoms with van der Waals surface area (Å²) in [6, 6.07) is 10.1. The van der Waals surface area contributed by atoms with Crippen molar-refractivity contribution in [2.24, 2.45) is 0 Å². The SMILES string of the molecule is CCC(C)(C(O)c1ccccc1)N1CCCCC1. The Kier molecular flexibility index (Phi) is 4.41. The van der Waals surface area contributed by atoms with Crippen LogP contribution < -0.4 is 0 Å². The Labute approximate surface area is 111 Å². The lowest BCUT2D eigenvalue weighted by atomic mass is 9.84. The van der Waals surface area contributed by atoms with Crippen molar-refractivity contribution in [1.82, 2.24) is 4.90 Å². The predicted octanol–water partition coefficient (Wildman–Crippen LogP) is 3.37. The minimum Gasteiger partial charge on any atom is -0.386 e. The fraction of sp³-hybridized carbons (Fsp3) is 0.625. The molecular formula is C16H25NO. The highest BCUT2D eigenvalue weighted by Crippen LogP contribution is 2.35. The van der Waals surface area contributed by atoms with E-state index in [9.17, 15) is 5.11 Å². The van der Waals surface area contributed by atoms with E-state index in [2.05, 4.69) is 18.7 Å². The largest absolute Gasteiger partial charge is 0.386 e. The molecule has 1 N–H and O–H groups in total. The number of nitrogens with zero attached hydrogens (tertiary/aromatic N) is 1. The predicted molar refractivity (Wildman–Crippen MR) is 75.5 cm³/mol. The number of aliphatic hydroxyl groups excluding tert-OH is 1. The van der Waals surface area contributed by atoms with Crippen LogP contribution in [0.2, 0.25) is 0 Å². The number of piperidine rings is 1. The van der Waals surface area contributed by atoms with Gasteiger partial charge in [0.2, 0.25) is 0 Å². The molecule has 2 unspecified atom stereocenters. The number of aliphatic hydroxyl groups is 1. The van der Waals surface area contributed by atoms with Crippen LogP contribution in [-0.2, 0) is 0 Å². The van der Waals surface area contributed by atoms with Crippen LogP contribution in [0.3, 0.4) is 0 Å². The topological polar surface area (TPSA) is 23.5 Å². The van der Waals surface area contributed by atoms with Gasteiger partial charge in [-0.2, -0.15) is 0 Å². The van der Waals surface area contributed by atoms with Crippen molar-refractivity contribution >= 4 is 0 Å². The average molecular weight is 247 g/mol. The van der Waals surface area contributed by atoms with Crippen molar-refractivity contribution < 1.29 is 5.11 Å². The van der Waals surface area contributed by atoms with Crippen molar-refractivity contribution in [2.75, 3.05) is 13.1 Å². The standard InChI is InChI=1S/C16H25NO/c1-3-16(2,17-12-8-5-9-13-17)15(18)14-10-6-4-7-11-14/h4,6-7,10-11,15,18H,3,5,8-9,12-13H2,1-2H3. The van der Waals surface area contributed by atoms with Gasteiger partial charge in [0, 0.05) is 5.54 Å². The molecule has 0 radical (unpaired) electrons. The van der Waals surface area contributed by atoms with Gasteiger partial charge < -0.3 is 5.11 Å². The maximum atomic E-state index is 10.8. The van der Waals surface area contributed by atoms with Gasteiger partial charge in [0.25, 0.3) is 0 Å². The minimum absolute atomic E-state index is 0.137. The summed E-state index contributed by atoms with van der Waals surface area (Å²) in [6.45, 7) is 6.62. The molecule has 1 aliphatic rings. The van der Waals surface area contributed by atoms with Gasteiger partial charge in [-0.25, -0.2) is 0 Å². The van der Waals surface area contributed by atoms with Crippen LogP contribution in [0.4, 0.5) is 0 Å². The monoisotopic (exact) mass is 247 g/mol. The molecule has 2 rings (SSSR count). The van der Waals surface area contributed by atoms with Crippen molar-refractivity contribution in [3.05, 3.63) is 35.9 Å². The van der Waals surface area contributed by atoms with Gasteiger partial charge >= 0.3 is 0 Å². The molecular weight excluding hydrogens is 222 g/mol. The minimum atomic E-state index is -0.401. The molecule has 0 aromatic heterocycles. The van der Waals surface area contributed by atoms with Gasteiger partial charge in [-0.05, 0) is 44.8 Å². The summed E-state index contributed by atoms with van der Waals surface area (Å²) in [7, 11) is 0. The summed E-state index contributed by atoms with van der Waals surface area (Å²) in [6.07, 6.45) is 4.43. The lowest BCUT2D eigenvalue weighted by molar-refractivity contribution is -0.0352. The molecule has 1 aromatic carbocycles. The molecule has 100 valence electrons. The molecule has 0 bridgehead atoms. The summed E-state index contributed by atoms with van der Waals surface area (Å²) < 4.78 is 0. The molecule has 1 aromatic rings. The van der Waals surface area contributed by atoms with Gasteiger partial charge in [0.1, 0.15) is 0 Å². The molecule has 0 amide bonds. The zero-order valence-electron chi connectivity index (χ0n) is 11.6. The Hall–Kier alpha value is -0.860. The molecule has 2 nitrogen and oxygen atoms in total. The molecule has 18 heavy (non-hydrogen) atoms. The van der Waals surface area contributed by atoms with Crippen LogP contribution in [-0.4, -0.2) is 28.6 Å². The molecule has 1 saturated heterocycles. The number of benzene rings is 1. The highest BCUT2D eigenvalue weighted by molar-refractivity contribution is 5.21. The third-order valence-electron chi connectivity index (χ3n) is 4.50. The Morgan fingerprint density at radius 3 is 2.33 bits per heavy atom. The summed E-state index contributed by atoms with van der Waals surface area (Å²) in [5.74, 6) is 0. The second-order valence-electron chi connectivity index (χ2n) is 5.57. The van der Waals surface area contributed by atoms with Gasteiger partial charge in [-0.1, -0.05) is 43.7 Å². The first-order valence-corrected chi connectivity index (χ1v) is 7.16. The second kappa shape index (κ2) is 5.85. The lowest BCUT2D eigenvalue weighted by Gasteiger charge is -2.46. The lowest BCUT2D eigenvalue weighted by Crippen LogP contribution is -2.52. The highest BCUT2D eigenvalue weighted by Gasteiger charge is 2.38. The summed E-state index contributed by atoms with van der Waals surface area (Å²) in [5.41, 5.74) is 0.898. The summed E-state index contributed by atoms with van der Waals surface area (Å²) >= 11 is 0. The molecule has 2 atom stereocenters. The third kappa shape index (κ3) is 2.60. The van der Waals surface area contributed by atoms with Crippen LogP contribution in [0.1, 0.15) is 51.2 Å². The zero-order valence-corrected chi connectivity index (χ0v) is 11.6. The van der Waals surface area contributed by atoms with Crippen molar-refractivity contribution in [2.45, 2.75) is 51.2 Å². The Bertz CT molecular complexity index is 359. The first kappa shape index (κ1) is 13.6. The molecule has 1 fully saturated rings. The van der Waals surface area contributed by atoms with E-state index < -0.39 is 6.10 Å². The first-order valence-electron chi connectivity index (χ1n) is 7.16. The number of hydrogen-bond donors (Lipinski definition) is 1. The molecule has 2 heteroatoms. The van der Waals surface area contributed by atoms with Crippen LogP contribution in [0.15, 0.2) is 30.3 Å². The zero-order chi connectivity index (χ0) is 13.0. The van der Waals surface area contributed by atoms with E-state index in [1.807, 2.05) is 30.3 Å². The van der Waals surface area contributed by atoms with Crippen LogP contribution in [0, 0.1) is 0 Å². The van der Waals surface area contributed by atoms with E-state index in [1.54, 1.807) is 0 Å². The Balaban J connectivity index is 2.20. The summed E-state index contributed by atoms with van der Waals surface area (Å²) in [4.78, 5) is 2.48. The smallest absolute Gasteiger partial charge is 0.0970 e. The number of likely N-dealkylation sites (tertiary alicyclic amines) is 1. The fourth-order valence-corrected chi connectivity index (χ4v) is 2.99. The molecule has 0 saturated carbocycles. The first-order chi connectivity index (χ1) is 8.68. The van der Waals surface area contributed by atoms with Gasteiger partial charge in [0.15, 0.2) is 0 Å². The Morgan fingerprint density at radius 2 is 1.78 bits per heavy atom. The average Bonchev–Trinajstić information content (AvgIpc) is 2.47. The summed E-state index contributed by atoms with van der Waals surface area (Å²) in [5, 5.41) is 10.8. The fourth-order valence-electron chi connectivity index (χ4n) is 2.99. The Morgan fingerprint density at radius 1 is 1.17 bits per heavy atom. The maximum absolute atomic E-state index is 10.8. The molecule has 0 aliphatic carbocycles. The third-order valence-corrected chi connectivity index (χ3v) is 4.50. The quantitative estimate of drug-likeness (QED) is 0.881.